The standard InChI is InChI=1S/C57H92O28/c1-23-40(81-45-39(72)41(28(64)18-76-45)82-49-43(73)56(75,21-61)22-78-49)36(69)38(71)46(79-23)83-42-33(66)27(63)17-77-48(42)85-50(74)57-12-11-51(2,3)13-25(57)24-7-8-30-52(4)14-26(62)44(84-47-37(70)35(68)34(67)29(16-58)80-47)55(19-59,20-60)31(52)9-10-53(30,5)54(24,6)15-32(57)65/h7,23,25-49,58-73,75H,8-22H2,1-6H3/t23-,25-,26-,27-,28+,29+,30-,31+,32+,33-,34+,35-,36-,37+,38+,39+,40-,41-,42+,43-,44-,45-,46-,47-,48+,49-,52+,53+,54+,56+,57+/m0/s1. The van der Waals surface area contributed by atoms with Gasteiger partial charge >= 0.3 is 5.97 Å². The fourth-order valence-electron chi connectivity index (χ4n) is 17.4. The van der Waals surface area contributed by atoms with Gasteiger partial charge in [0.05, 0.1) is 70.7 Å². The second-order valence-corrected chi connectivity index (χ2v) is 27.9. The van der Waals surface area contributed by atoms with Crippen LogP contribution in [0, 0.1) is 50.2 Å². The van der Waals surface area contributed by atoms with Gasteiger partial charge in [0.1, 0.15) is 90.4 Å². The first-order chi connectivity index (χ1) is 39.9. The van der Waals surface area contributed by atoms with E-state index in [0.29, 0.717) is 32.1 Å². The summed E-state index contributed by atoms with van der Waals surface area (Å²) in [6, 6.07) is 0. The average molecular weight is 1230 g/mol. The summed E-state index contributed by atoms with van der Waals surface area (Å²) in [5.41, 5.74) is -6.87. The molecule has 10 rings (SSSR count). The van der Waals surface area contributed by atoms with Crippen LogP contribution in [-0.2, 0) is 52.2 Å². The first-order valence-electron chi connectivity index (χ1n) is 29.9. The molecular formula is C57H92O28. The minimum absolute atomic E-state index is 0.0767. The molecule has 10 aliphatic rings. The lowest BCUT2D eigenvalue weighted by molar-refractivity contribution is -0.372. The number of aliphatic hydroxyl groups is 17. The van der Waals surface area contributed by atoms with Crippen molar-refractivity contribution in [1.82, 2.24) is 0 Å². The van der Waals surface area contributed by atoms with E-state index in [9.17, 15) is 86.8 Å². The molecule has 9 fully saturated rings. The van der Waals surface area contributed by atoms with Gasteiger partial charge < -0.3 is 134 Å². The molecule has 17 N–H and O–H groups in total. The molecule has 5 heterocycles. The van der Waals surface area contributed by atoms with E-state index in [1.165, 1.54) is 6.92 Å². The van der Waals surface area contributed by atoms with Crippen molar-refractivity contribution in [2.75, 3.05) is 46.2 Å². The van der Waals surface area contributed by atoms with Crippen LogP contribution in [0.2, 0.25) is 0 Å². The second kappa shape index (κ2) is 24.0. The topological polar surface area (TPSA) is 453 Å². The van der Waals surface area contributed by atoms with Crippen LogP contribution in [-0.4, -0.2) is 286 Å². The number of carbonyl (C=O) groups is 1. The van der Waals surface area contributed by atoms with Crippen LogP contribution in [0.3, 0.4) is 0 Å². The highest BCUT2D eigenvalue weighted by atomic mass is 16.8. The SMILES string of the molecule is C[C@@H]1O[C@@H](O[C@H]2[C@@H](OC(=O)[C@]34CCC(C)(C)C[C@H]3C3=CC[C@H]5[C@@]6(C)C[C@H](O)[C@H](O[C@@H]7O[C@H](CO)[C@@H](O)[C@H](O)[C@H]7O)C(CO)(CO)[C@@H]6CC[C@@]5(C)[C@]3(C)C[C@H]4O)OC[C@H](O)[C@@H]2O)[C@H](O)[C@H](O)[C@H]1O[C@@H]1OC[C@@H](O)[C@H](O[C@@H]2OC[C@](O)(CO)[C@H]2O)[C@H]1O. The molecule has 0 unspecified atom stereocenters. The van der Waals surface area contributed by atoms with Crippen molar-refractivity contribution in [2.24, 2.45) is 50.2 Å². The lowest BCUT2D eigenvalue weighted by Gasteiger charge is -2.72. The molecule has 0 aromatic heterocycles. The molecule has 0 bridgehead atoms. The summed E-state index contributed by atoms with van der Waals surface area (Å²) >= 11 is 0. The van der Waals surface area contributed by atoms with Crippen molar-refractivity contribution in [3.05, 3.63) is 11.6 Å². The van der Waals surface area contributed by atoms with Gasteiger partial charge in [-0.15, -0.1) is 0 Å². The number of hydrogen-bond donors (Lipinski definition) is 17. The molecule has 4 saturated carbocycles. The van der Waals surface area contributed by atoms with Gasteiger partial charge in [0, 0.05) is 5.41 Å². The van der Waals surface area contributed by atoms with Gasteiger partial charge in [-0.25, -0.2) is 0 Å². The van der Waals surface area contributed by atoms with Crippen molar-refractivity contribution in [1.29, 1.82) is 0 Å². The Labute approximate surface area is 491 Å². The van der Waals surface area contributed by atoms with E-state index in [-0.39, 0.29) is 30.6 Å². The molecule has 85 heavy (non-hydrogen) atoms. The maximum absolute atomic E-state index is 15.4. The molecule has 0 aromatic carbocycles. The highest BCUT2D eigenvalue weighted by molar-refractivity contribution is 5.80. The van der Waals surface area contributed by atoms with Gasteiger partial charge in [0.25, 0.3) is 0 Å². The summed E-state index contributed by atoms with van der Waals surface area (Å²) in [5.74, 6) is -2.25. The molecule has 5 aliphatic heterocycles. The number of carbonyl (C=O) groups excluding carboxylic acids is 1. The highest BCUT2D eigenvalue weighted by Crippen LogP contribution is 2.76. The third-order valence-corrected chi connectivity index (χ3v) is 22.6. The quantitative estimate of drug-likeness (QED) is 0.0439. The zero-order valence-electron chi connectivity index (χ0n) is 48.8. The van der Waals surface area contributed by atoms with Gasteiger partial charge in [0.15, 0.2) is 31.3 Å². The number of ether oxygens (including phenoxy) is 10. The van der Waals surface area contributed by atoms with Crippen LogP contribution in [0.1, 0.15) is 92.9 Å². The Bertz CT molecular complexity index is 2380. The third kappa shape index (κ3) is 10.6. The Kier molecular flexibility index (Phi) is 18.7. The number of fused-ring (bicyclic) bond motifs is 7. The van der Waals surface area contributed by atoms with Crippen LogP contribution < -0.4 is 0 Å². The summed E-state index contributed by atoms with van der Waals surface area (Å²) in [5, 5.41) is 188. The van der Waals surface area contributed by atoms with Crippen LogP contribution in [0.4, 0.5) is 0 Å². The molecule has 5 saturated heterocycles. The lowest BCUT2D eigenvalue weighted by atomic mass is 9.33. The number of allylic oxidation sites excluding steroid dienone is 2. The minimum atomic E-state index is -2.08. The summed E-state index contributed by atoms with van der Waals surface area (Å²) in [6.45, 7) is 7.41. The molecule has 0 radical (unpaired) electrons. The lowest BCUT2D eigenvalue weighted by Crippen LogP contribution is -2.71. The largest absolute Gasteiger partial charge is 0.432 e. The van der Waals surface area contributed by atoms with Gasteiger partial charge in [-0.05, 0) is 97.7 Å². The van der Waals surface area contributed by atoms with Gasteiger partial charge in [-0.2, -0.15) is 0 Å². The van der Waals surface area contributed by atoms with E-state index in [4.69, 9.17) is 47.4 Å². The van der Waals surface area contributed by atoms with Crippen LogP contribution in [0.25, 0.3) is 0 Å². The highest BCUT2D eigenvalue weighted by Gasteiger charge is 2.74. The minimum Gasteiger partial charge on any atom is -0.432 e. The van der Waals surface area contributed by atoms with Crippen molar-refractivity contribution in [3.8, 4) is 0 Å². The van der Waals surface area contributed by atoms with Crippen LogP contribution >= 0.6 is 0 Å². The number of esters is 1. The first kappa shape index (κ1) is 66.1. The molecular weight excluding hydrogens is 1130 g/mol. The monoisotopic (exact) mass is 1220 g/mol. The van der Waals surface area contributed by atoms with E-state index in [1.54, 1.807) is 0 Å². The predicted octanol–water partition coefficient (Wildman–Crippen LogP) is -5.38. The van der Waals surface area contributed by atoms with Crippen molar-refractivity contribution < 1.29 is 139 Å². The Balaban J connectivity index is 0.864. The van der Waals surface area contributed by atoms with Crippen molar-refractivity contribution >= 4 is 5.97 Å². The molecule has 28 heteroatoms. The fraction of sp³-hybridized carbons (Fsp3) is 0.947. The second-order valence-electron chi connectivity index (χ2n) is 27.9. The smallest absolute Gasteiger partial charge is 0.317 e. The van der Waals surface area contributed by atoms with Gasteiger partial charge in [-0.1, -0.05) is 46.3 Å². The van der Waals surface area contributed by atoms with Crippen LogP contribution in [0.5, 0.6) is 0 Å². The Morgan fingerprint density at radius 2 is 1.24 bits per heavy atom. The Morgan fingerprint density at radius 3 is 1.89 bits per heavy atom. The predicted molar refractivity (Wildman–Crippen MR) is 282 cm³/mol. The van der Waals surface area contributed by atoms with Crippen LogP contribution in [0.15, 0.2) is 11.6 Å². The molecule has 488 valence electrons. The third-order valence-electron chi connectivity index (χ3n) is 22.6. The van der Waals surface area contributed by atoms with Gasteiger partial charge in [0.2, 0.25) is 6.29 Å². The summed E-state index contributed by atoms with van der Waals surface area (Å²) in [4.78, 5) is 15.4. The Hall–Kier alpha value is -1.83. The van der Waals surface area contributed by atoms with E-state index < -0.39 is 238 Å². The van der Waals surface area contributed by atoms with Crippen molar-refractivity contribution in [3.63, 3.8) is 0 Å². The zero-order chi connectivity index (χ0) is 62.1. The van der Waals surface area contributed by atoms with E-state index >= 15 is 4.79 Å². The maximum Gasteiger partial charge on any atom is 0.317 e. The average Bonchev–Trinajstić information content (AvgIpc) is 0.951. The molecule has 31 atom stereocenters. The molecule has 0 aromatic rings. The summed E-state index contributed by atoms with van der Waals surface area (Å²) < 4.78 is 58.5. The summed E-state index contributed by atoms with van der Waals surface area (Å²) in [7, 11) is 0. The van der Waals surface area contributed by atoms with E-state index in [0.717, 1.165) is 5.57 Å². The Morgan fingerprint density at radius 1 is 0.600 bits per heavy atom. The molecule has 5 aliphatic carbocycles. The molecule has 0 spiro atoms. The number of rotatable bonds is 14. The fourth-order valence-corrected chi connectivity index (χ4v) is 17.4. The van der Waals surface area contributed by atoms with Gasteiger partial charge in [-0.3, -0.25) is 4.79 Å². The maximum atomic E-state index is 15.4. The molecule has 0 amide bonds. The number of hydrogen-bond acceptors (Lipinski definition) is 28. The van der Waals surface area contributed by atoms with E-state index in [1.807, 2.05) is 6.92 Å². The van der Waals surface area contributed by atoms with Crippen molar-refractivity contribution in [2.45, 2.75) is 240 Å². The molecule has 28 nitrogen and oxygen atoms in total. The van der Waals surface area contributed by atoms with E-state index in [2.05, 4.69) is 33.8 Å². The zero-order valence-corrected chi connectivity index (χ0v) is 48.8. The first-order valence-corrected chi connectivity index (χ1v) is 29.9. The number of aliphatic hydroxyl groups excluding tert-OH is 16. The normalized spacial score (nSPS) is 54.0. The summed E-state index contributed by atoms with van der Waals surface area (Å²) in [6.07, 6.45) is -32.8.